The van der Waals surface area contributed by atoms with Crippen molar-refractivity contribution in [3.8, 4) is 0 Å². The maximum atomic E-state index is 11.8. The van der Waals surface area contributed by atoms with Gasteiger partial charge in [0, 0.05) is 16.7 Å². The summed E-state index contributed by atoms with van der Waals surface area (Å²) in [6.07, 6.45) is 1.80. The second kappa shape index (κ2) is 6.66. The Morgan fingerprint density at radius 2 is 2.31 bits per heavy atom. The van der Waals surface area contributed by atoms with Gasteiger partial charge in [-0.3, -0.25) is 4.79 Å². The standard InChI is InChI=1S/C12H17BrN2O/c1-2-4-9(8-14)12(16)15-11-6-3-5-10(13)7-11/h3,5-7,9H,2,4,8,14H2,1H3,(H,15,16). The summed E-state index contributed by atoms with van der Waals surface area (Å²) in [5.41, 5.74) is 6.37. The molecule has 16 heavy (non-hydrogen) atoms. The zero-order valence-corrected chi connectivity index (χ0v) is 11.0. The molecule has 88 valence electrons. The molecule has 0 aliphatic heterocycles. The summed E-state index contributed by atoms with van der Waals surface area (Å²) in [7, 11) is 0. The maximum Gasteiger partial charge on any atom is 0.228 e. The van der Waals surface area contributed by atoms with Gasteiger partial charge >= 0.3 is 0 Å². The van der Waals surface area contributed by atoms with Crippen LogP contribution in [0.25, 0.3) is 0 Å². The van der Waals surface area contributed by atoms with E-state index in [0.717, 1.165) is 23.0 Å². The topological polar surface area (TPSA) is 55.1 Å². The number of hydrogen-bond donors (Lipinski definition) is 2. The minimum Gasteiger partial charge on any atom is -0.330 e. The molecule has 1 aromatic rings. The van der Waals surface area contributed by atoms with E-state index in [-0.39, 0.29) is 11.8 Å². The van der Waals surface area contributed by atoms with E-state index in [4.69, 9.17) is 5.73 Å². The molecule has 1 atom stereocenters. The van der Waals surface area contributed by atoms with Gasteiger partial charge in [0.2, 0.25) is 5.91 Å². The number of rotatable bonds is 5. The lowest BCUT2D eigenvalue weighted by molar-refractivity contribution is -0.119. The molecule has 0 bridgehead atoms. The molecular weight excluding hydrogens is 268 g/mol. The third-order valence-corrected chi connectivity index (χ3v) is 2.88. The summed E-state index contributed by atoms with van der Waals surface area (Å²) < 4.78 is 0.949. The zero-order valence-electron chi connectivity index (χ0n) is 9.37. The summed E-state index contributed by atoms with van der Waals surface area (Å²) in [5, 5.41) is 2.87. The monoisotopic (exact) mass is 284 g/mol. The van der Waals surface area contributed by atoms with Crippen LogP contribution in [-0.4, -0.2) is 12.5 Å². The van der Waals surface area contributed by atoms with Gasteiger partial charge in [-0.05, 0) is 24.6 Å². The molecule has 0 radical (unpaired) electrons. The van der Waals surface area contributed by atoms with E-state index in [1.165, 1.54) is 0 Å². The highest BCUT2D eigenvalue weighted by Gasteiger charge is 2.15. The molecule has 0 spiro atoms. The molecule has 0 aliphatic rings. The summed E-state index contributed by atoms with van der Waals surface area (Å²) in [6.45, 7) is 2.45. The molecule has 0 saturated heterocycles. The van der Waals surface area contributed by atoms with Gasteiger partial charge in [0.05, 0.1) is 5.92 Å². The van der Waals surface area contributed by atoms with Crippen LogP contribution in [0, 0.1) is 5.92 Å². The van der Waals surface area contributed by atoms with E-state index in [0.29, 0.717) is 6.54 Å². The minimum atomic E-state index is -0.0935. The van der Waals surface area contributed by atoms with Crippen molar-refractivity contribution in [1.82, 2.24) is 0 Å². The van der Waals surface area contributed by atoms with Crippen molar-refractivity contribution in [3.63, 3.8) is 0 Å². The van der Waals surface area contributed by atoms with E-state index >= 15 is 0 Å². The van der Waals surface area contributed by atoms with Gasteiger partial charge in [-0.2, -0.15) is 0 Å². The Kier molecular flexibility index (Phi) is 5.49. The molecule has 1 unspecified atom stereocenters. The third-order valence-electron chi connectivity index (χ3n) is 2.38. The van der Waals surface area contributed by atoms with Crippen LogP contribution >= 0.6 is 15.9 Å². The molecule has 0 fully saturated rings. The molecule has 3 N–H and O–H groups in total. The second-order valence-corrected chi connectivity index (χ2v) is 4.64. The van der Waals surface area contributed by atoms with E-state index in [1.54, 1.807) is 0 Å². The number of amides is 1. The van der Waals surface area contributed by atoms with Gasteiger partial charge in [-0.15, -0.1) is 0 Å². The summed E-state index contributed by atoms with van der Waals surface area (Å²) >= 11 is 3.36. The van der Waals surface area contributed by atoms with Crippen LogP contribution in [0.15, 0.2) is 28.7 Å². The Balaban J connectivity index is 2.62. The fraction of sp³-hybridized carbons (Fsp3) is 0.417. The summed E-state index contributed by atoms with van der Waals surface area (Å²) in [6, 6.07) is 7.54. The van der Waals surface area contributed by atoms with Gasteiger partial charge in [0.25, 0.3) is 0 Å². The second-order valence-electron chi connectivity index (χ2n) is 3.72. The Hall–Kier alpha value is -0.870. The number of halogens is 1. The van der Waals surface area contributed by atoms with Gasteiger partial charge in [-0.1, -0.05) is 35.3 Å². The SMILES string of the molecule is CCCC(CN)C(=O)Nc1cccc(Br)c1. The predicted octanol–water partition coefficient (Wildman–Crippen LogP) is 2.76. The minimum absolute atomic E-state index is 0.00227. The lowest BCUT2D eigenvalue weighted by Gasteiger charge is -2.13. The van der Waals surface area contributed by atoms with Crippen LogP contribution in [0.4, 0.5) is 5.69 Å². The lowest BCUT2D eigenvalue weighted by Crippen LogP contribution is -2.29. The molecule has 1 amide bonds. The van der Waals surface area contributed by atoms with Crippen molar-refractivity contribution in [2.24, 2.45) is 11.7 Å². The maximum absolute atomic E-state index is 11.8. The first-order chi connectivity index (χ1) is 7.67. The number of nitrogens with one attached hydrogen (secondary N) is 1. The average molecular weight is 285 g/mol. The third kappa shape index (κ3) is 3.94. The van der Waals surface area contributed by atoms with Crippen molar-refractivity contribution in [2.75, 3.05) is 11.9 Å². The largest absolute Gasteiger partial charge is 0.330 e. The van der Waals surface area contributed by atoms with Gasteiger partial charge in [0.15, 0.2) is 0 Å². The highest BCUT2D eigenvalue weighted by atomic mass is 79.9. The molecule has 1 aromatic carbocycles. The predicted molar refractivity (Wildman–Crippen MR) is 70.2 cm³/mol. The summed E-state index contributed by atoms with van der Waals surface area (Å²) in [5.74, 6) is -0.0913. The van der Waals surface area contributed by atoms with Crippen LogP contribution in [-0.2, 0) is 4.79 Å². The molecule has 0 saturated carbocycles. The first-order valence-corrected chi connectivity index (χ1v) is 6.23. The smallest absolute Gasteiger partial charge is 0.228 e. The highest BCUT2D eigenvalue weighted by Crippen LogP contribution is 2.17. The van der Waals surface area contributed by atoms with Crippen LogP contribution < -0.4 is 11.1 Å². The molecule has 3 nitrogen and oxygen atoms in total. The normalized spacial score (nSPS) is 12.2. The Labute approximate surface area is 105 Å². The number of hydrogen-bond acceptors (Lipinski definition) is 2. The fourth-order valence-electron chi connectivity index (χ4n) is 1.52. The number of benzene rings is 1. The molecule has 0 heterocycles. The van der Waals surface area contributed by atoms with Crippen molar-refractivity contribution in [2.45, 2.75) is 19.8 Å². The van der Waals surface area contributed by atoms with Crippen LogP contribution in [0.1, 0.15) is 19.8 Å². The Morgan fingerprint density at radius 3 is 2.88 bits per heavy atom. The summed E-state index contributed by atoms with van der Waals surface area (Å²) in [4.78, 5) is 11.8. The van der Waals surface area contributed by atoms with Crippen molar-refractivity contribution < 1.29 is 4.79 Å². The first-order valence-electron chi connectivity index (χ1n) is 5.44. The number of carbonyl (C=O) groups is 1. The first kappa shape index (κ1) is 13.2. The van der Waals surface area contributed by atoms with Crippen molar-refractivity contribution in [1.29, 1.82) is 0 Å². The van der Waals surface area contributed by atoms with E-state index < -0.39 is 0 Å². The van der Waals surface area contributed by atoms with Gasteiger partial charge in [0.1, 0.15) is 0 Å². The lowest BCUT2D eigenvalue weighted by atomic mass is 10.0. The van der Waals surface area contributed by atoms with Crippen LogP contribution in [0.5, 0.6) is 0 Å². The highest BCUT2D eigenvalue weighted by molar-refractivity contribution is 9.10. The molecular formula is C12H17BrN2O. The van der Waals surface area contributed by atoms with E-state index in [9.17, 15) is 4.79 Å². The van der Waals surface area contributed by atoms with E-state index in [2.05, 4.69) is 28.2 Å². The molecule has 4 heteroatoms. The number of nitrogens with two attached hydrogens (primary N) is 1. The van der Waals surface area contributed by atoms with Crippen molar-refractivity contribution >= 4 is 27.5 Å². The Morgan fingerprint density at radius 1 is 1.56 bits per heavy atom. The molecule has 0 aromatic heterocycles. The number of carbonyl (C=O) groups excluding carboxylic acids is 1. The Bertz CT molecular complexity index is 355. The van der Waals surface area contributed by atoms with Crippen LogP contribution in [0.3, 0.4) is 0 Å². The van der Waals surface area contributed by atoms with Crippen molar-refractivity contribution in [3.05, 3.63) is 28.7 Å². The quantitative estimate of drug-likeness (QED) is 0.874. The van der Waals surface area contributed by atoms with E-state index in [1.807, 2.05) is 24.3 Å². The number of anilines is 1. The molecule has 0 aliphatic carbocycles. The zero-order chi connectivity index (χ0) is 12.0. The van der Waals surface area contributed by atoms with Crippen LogP contribution in [0.2, 0.25) is 0 Å². The van der Waals surface area contributed by atoms with Gasteiger partial charge in [-0.25, -0.2) is 0 Å². The fourth-order valence-corrected chi connectivity index (χ4v) is 1.91. The molecule has 1 rings (SSSR count). The van der Waals surface area contributed by atoms with Gasteiger partial charge < -0.3 is 11.1 Å². The average Bonchev–Trinajstić information content (AvgIpc) is 2.25.